The Labute approximate surface area is 156 Å². The van der Waals surface area contributed by atoms with Crippen molar-refractivity contribution in [2.75, 3.05) is 6.54 Å². The van der Waals surface area contributed by atoms with Gasteiger partial charge in [-0.2, -0.15) is 0 Å². The van der Waals surface area contributed by atoms with Gasteiger partial charge in [0.1, 0.15) is 0 Å². The lowest BCUT2D eigenvalue weighted by atomic mass is 10.0. The van der Waals surface area contributed by atoms with Crippen molar-refractivity contribution >= 4 is 39.3 Å². The van der Waals surface area contributed by atoms with Gasteiger partial charge in [-0.1, -0.05) is 17.7 Å². The Hall–Kier alpha value is -2.72. The maximum atomic E-state index is 13.1. The minimum Gasteiger partial charge on any atom is -0.358 e. The number of benzene rings is 2. The Bertz CT molecular complexity index is 1170. The number of carbonyl (C=O) groups is 1. The fourth-order valence-corrected chi connectivity index (χ4v) is 4.11. The molecule has 2 aromatic carbocycles. The Kier molecular flexibility index (Phi) is 3.37. The zero-order valence-corrected chi connectivity index (χ0v) is 15.2. The van der Waals surface area contributed by atoms with Gasteiger partial charge in [0, 0.05) is 71.0 Å². The van der Waals surface area contributed by atoms with E-state index in [0.29, 0.717) is 6.54 Å². The summed E-state index contributed by atoms with van der Waals surface area (Å²) in [6, 6.07) is 13.9. The molecule has 0 fully saturated rings. The van der Waals surface area contributed by atoms with Crippen LogP contribution in [0, 0.1) is 0 Å². The van der Waals surface area contributed by atoms with Gasteiger partial charge in [0.15, 0.2) is 0 Å². The van der Waals surface area contributed by atoms with Gasteiger partial charge >= 0.3 is 0 Å². The number of rotatable bonds is 1. The van der Waals surface area contributed by atoms with Crippen molar-refractivity contribution < 1.29 is 4.79 Å². The molecule has 3 heterocycles. The predicted molar refractivity (Wildman–Crippen MR) is 105 cm³/mol. The molecule has 1 amide bonds. The van der Waals surface area contributed by atoms with Gasteiger partial charge in [-0.25, -0.2) is 0 Å². The maximum Gasteiger partial charge on any atom is 0.254 e. The van der Waals surface area contributed by atoms with Crippen LogP contribution < -0.4 is 0 Å². The number of halogens is 1. The van der Waals surface area contributed by atoms with E-state index in [4.69, 9.17) is 11.6 Å². The highest BCUT2D eigenvalue weighted by atomic mass is 35.5. The number of nitrogens with zero attached hydrogens (tertiary/aromatic N) is 2. The zero-order chi connectivity index (χ0) is 17.8. The summed E-state index contributed by atoms with van der Waals surface area (Å²) in [5.74, 6) is 0.0788. The number of carbonyl (C=O) groups excluding carboxylic acids is 1. The van der Waals surface area contributed by atoms with Crippen molar-refractivity contribution in [2.45, 2.75) is 13.0 Å². The first-order valence-electron chi connectivity index (χ1n) is 8.73. The van der Waals surface area contributed by atoms with Crippen LogP contribution in [-0.4, -0.2) is 26.9 Å². The van der Waals surface area contributed by atoms with E-state index in [-0.39, 0.29) is 5.91 Å². The number of fused-ring (bicyclic) bond motifs is 4. The summed E-state index contributed by atoms with van der Waals surface area (Å²) in [4.78, 5) is 18.5. The lowest BCUT2D eigenvalue weighted by Crippen LogP contribution is -2.35. The summed E-state index contributed by atoms with van der Waals surface area (Å²) in [5, 5.41) is 2.98. The number of aryl methyl sites for hydroxylation is 1. The molecule has 1 N–H and O–H groups in total. The van der Waals surface area contributed by atoms with E-state index in [0.717, 1.165) is 45.4 Å². The Balaban J connectivity index is 1.51. The van der Waals surface area contributed by atoms with Crippen molar-refractivity contribution in [3.8, 4) is 0 Å². The molecule has 0 spiro atoms. The molecule has 0 unspecified atom stereocenters. The molecule has 0 aliphatic carbocycles. The number of aromatic nitrogens is 2. The van der Waals surface area contributed by atoms with Crippen molar-refractivity contribution in [2.24, 2.45) is 7.05 Å². The molecule has 5 rings (SSSR count). The minimum atomic E-state index is 0.0788. The summed E-state index contributed by atoms with van der Waals surface area (Å²) in [7, 11) is 2.00. The van der Waals surface area contributed by atoms with Crippen LogP contribution in [0.2, 0.25) is 5.02 Å². The normalized spacial score (nSPS) is 14.2. The third-order valence-electron chi connectivity index (χ3n) is 5.36. The highest BCUT2D eigenvalue weighted by Crippen LogP contribution is 2.30. The van der Waals surface area contributed by atoms with Crippen LogP contribution in [-0.2, 0) is 20.0 Å². The third-order valence-corrected chi connectivity index (χ3v) is 5.59. The monoisotopic (exact) mass is 363 g/mol. The van der Waals surface area contributed by atoms with Crippen molar-refractivity contribution in [3.05, 3.63) is 70.5 Å². The summed E-state index contributed by atoms with van der Waals surface area (Å²) in [6.07, 6.45) is 2.85. The average molecular weight is 364 g/mol. The van der Waals surface area contributed by atoms with E-state index >= 15 is 0 Å². The van der Waals surface area contributed by atoms with Gasteiger partial charge in [0.05, 0.1) is 0 Å². The summed E-state index contributed by atoms with van der Waals surface area (Å²) < 4.78 is 2.04. The van der Waals surface area contributed by atoms with E-state index in [1.54, 1.807) is 0 Å². The second-order valence-electron chi connectivity index (χ2n) is 6.95. The largest absolute Gasteiger partial charge is 0.358 e. The van der Waals surface area contributed by atoms with Crippen molar-refractivity contribution in [1.82, 2.24) is 14.5 Å². The molecular weight excluding hydrogens is 346 g/mol. The second kappa shape index (κ2) is 5.64. The minimum absolute atomic E-state index is 0.0788. The molecule has 2 aromatic heterocycles. The number of hydrogen-bond acceptors (Lipinski definition) is 1. The molecule has 4 nitrogen and oxygen atoms in total. The number of aromatic amines is 1. The fourth-order valence-electron chi connectivity index (χ4n) is 3.94. The lowest BCUT2D eigenvalue weighted by molar-refractivity contribution is 0.0735. The van der Waals surface area contributed by atoms with E-state index in [9.17, 15) is 4.79 Å². The van der Waals surface area contributed by atoms with Crippen LogP contribution in [0.15, 0.2) is 48.7 Å². The van der Waals surface area contributed by atoms with Crippen LogP contribution in [0.1, 0.15) is 21.6 Å². The summed E-state index contributed by atoms with van der Waals surface area (Å²) >= 11 is 6.18. The van der Waals surface area contributed by atoms with Gasteiger partial charge in [-0.15, -0.1) is 0 Å². The molecule has 4 aromatic rings. The molecule has 26 heavy (non-hydrogen) atoms. The second-order valence-corrected chi connectivity index (χ2v) is 7.39. The SMILES string of the molecule is Cn1ccc2ccc(C(=O)N3CCc4[nH]c5ccc(Cl)cc5c4C3)cc21. The first kappa shape index (κ1) is 15.5. The van der Waals surface area contributed by atoms with E-state index in [2.05, 4.69) is 11.1 Å². The van der Waals surface area contributed by atoms with Crippen LogP contribution in [0.5, 0.6) is 0 Å². The quantitative estimate of drug-likeness (QED) is 0.531. The molecule has 0 atom stereocenters. The smallest absolute Gasteiger partial charge is 0.254 e. The van der Waals surface area contributed by atoms with Crippen LogP contribution in [0.3, 0.4) is 0 Å². The number of hydrogen-bond donors (Lipinski definition) is 1. The molecule has 0 saturated carbocycles. The summed E-state index contributed by atoms with van der Waals surface area (Å²) in [5.41, 5.74) is 5.29. The molecule has 130 valence electrons. The number of H-pyrrole nitrogens is 1. The van der Waals surface area contributed by atoms with Crippen LogP contribution >= 0.6 is 11.6 Å². The zero-order valence-electron chi connectivity index (χ0n) is 14.4. The predicted octanol–water partition coefficient (Wildman–Crippen LogP) is 4.51. The van der Waals surface area contributed by atoms with Crippen LogP contribution in [0.4, 0.5) is 0 Å². The molecule has 0 saturated heterocycles. The van der Waals surface area contributed by atoms with Crippen LogP contribution in [0.25, 0.3) is 21.8 Å². The first-order valence-corrected chi connectivity index (χ1v) is 9.11. The highest BCUT2D eigenvalue weighted by molar-refractivity contribution is 6.31. The van der Waals surface area contributed by atoms with Crippen molar-refractivity contribution in [3.63, 3.8) is 0 Å². The molecule has 0 radical (unpaired) electrons. The highest BCUT2D eigenvalue weighted by Gasteiger charge is 2.25. The molecule has 1 aliphatic heterocycles. The molecule has 5 heteroatoms. The van der Waals surface area contributed by atoms with Gasteiger partial charge in [-0.3, -0.25) is 4.79 Å². The van der Waals surface area contributed by atoms with Gasteiger partial charge in [0.2, 0.25) is 0 Å². The Morgan fingerprint density at radius 2 is 2.04 bits per heavy atom. The van der Waals surface area contributed by atoms with Gasteiger partial charge < -0.3 is 14.5 Å². The lowest BCUT2D eigenvalue weighted by Gasteiger charge is -2.27. The average Bonchev–Trinajstić information content (AvgIpc) is 3.21. The maximum absolute atomic E-state index is 13.1. The van der Waals surface area contributed by atoms with Crippen molar-refractivity contribution in [1.29, 1.82) is 0 Å². The molecular formula is C21H18ClN3O. The van der Waals surface area contributed by atoms with E-state index in [1.807, 2.05) is 59.1 Å². The Morgan fingerprint density at radius 3 is 2.92 bits per heavy atom. The molecule has 0 bridgehead atoms. The standard InChI is InChI=1S/C21H18ClN3O/c1-24-8-6-13-2-3-14(10-20(13)24)21(26)25-9-7-19-17(12-25)16-11-15(22)4-5-18(16)23-19/h2-6,8,10-11,23H,7,9,12H2,1H3. The fraction of sp³-hybridized carbons (Fsp3) is 0.190. The van der Waals surface area contributed by atoms with E-state index < -0.39 is 0 Å². The van der Waals surface area contributed by atoms with Gasteiger partial charge in [0.25, 0.3) is 5.91 Å². The third kappa shape index (κ3) is 2.33. The molecule has 1 aliphatic rings. The Morgan fingerprint density at radius 1 is 1.15 bits per heavy atom. The number of nitrogens with one attached hydrogen (secondary N) is 1. The number of amides is 1. The summed E-state index contributed by atoms with van der Waals surface area (Å²) in [6.45, 7) is 1.33. The van der Waals surface area contributed by atoms with E-state index in [1.165, 1.54) is 11.3 Å². The first-order chi connectivity index (χ1) is 12.6. The van der Waals surface area contributed by atoms with Gasteiger partial charge in [-0.05, 0) is 41.8 Å². The topological polar surface area (TPSA) is 41.0 Å².